The second-order valence-electron chi connectivity index (χ2n) is 5.01. The van der Waals surface area contributed by atoms with Crippen molar-refractivity contribution in [2.24, 2.45) is 0 Å². The highest BCUT2D eigenvalue weighted by molar-refractivity contribution is 5.83. The predicted molar refractivity (Wildman–Crippen MR) is 76.7 cm³/mol. The zero-order chi connectivity index (χ0) is 16.2. The molecule has 0 amide bonds. The van der Waals surface area contributed by atoms with Crippen molar-refractivity contribution in [2.75, 3.05) is 0 Å². The number of ether oxygens (including phenoxy) is 1. The minimum Gasteiger partial charge on any atom is -0.406 e. The molecule has 5 heteroatoms. The number of halogens is 3. The van der Waals surface area contributed by atoms with E-state index >= 15 is 0 Å². The molecule has 2 rings (SSSR count). The third kappa shape index (κ3) is 4.91. The Labute approximate surface area is 126 Å². The maximum Gasteiger partial charge on any atom is 0.573 e. The molecule has 0 radical (unpaired) electrons. The van der Waals surface area contributed by atoms with Gasteiger partial charge >= 0.3 is 6.36 Å². The van der Waals surface area contributed by atoms with Crippen LogP contribution in [0.4, 0.5) is 13.2 Å². The zero-order valence-corrected chi connectivity index (χ0v) is 12.0. The van der Waals surface area contributed by atoms with Crippen molar-refractivity contribution < 1.29 is 22.7 Å². The van der Waals surface area contributed by atoms with Crippen LogP contribution in [0.2, 0.25) is 0 Å². The van der Waals surface area contributed by atoms with Gasteiger partial charge in [-0.1, -0.05) is 36.4 Å². The van der Waals surface area contributed by atoms with Crippen molar-refractivity contribution in [1.29, 1.82) is 0 Å². The van der Waals surface area contributed by atoms with Crippen molar-refractivity contribution in [3.8, 4) is 5.75 Å². The first kappa shape index (κ1) is 16.1. The van der Waals surface area contributed by atoms with Gasteiger partial charge in [-0.2, -0.15) is 0 Å². The first-order chi connectivity index (χ1) is 10.3. The lowest BCUT2D eigenvalue weighted by molar-refractivity contribution is -0.274. The Balaban J connectivity index is 1.96. The molecule has 0 bridgehead atoms. The van der Waals surface area contributed by atoms with E-state index in [1.165, 1.54) is 24.3 Å². The molecule has 0 aliphatic rings. The Hall–Kier alpha value is -2.30. The lowest BCUT2D eigenvalue weighted by Crippen LogP contribution is -2.17. The molecule has 0 aromatic heterocycles. The summed E-state index contributed by atoms with van der Waals surface area (Å²) in [6, 6.07) is 13.0. The number of benzene rings is 2. The predicted octanol–water partition coefficient (Wildman–Crippen LogP) is 4.25. The molecule has 116 valence electrons. The number of hydrogen-bond donors (Lipinski definition) is 0. The molecule has 0 atom stereocenters. The molecular formula is C17H15F3O2. The van der Waals surface area contributed by atoms with E-state index in [4.69, 9.17) is 0 Å². The van der Waals surface area contributed by atoms with Crippen LogP contribution in [0, 0.1) is 6.92 Å². The Morgan fingerprint density at radius 3 is 2.23 bits per heavy atom. The van der Waals surface area contributed by atoms with Gasteiger partial charge < -0.3 is 4.74 Å². The van der Waals surface area contributed by atoms with Gasteiger partial charge in [-0.3, -0.25) is 4.79 Å². The molecule has 0 aliphatic carbocycles. The van der Waals surface area contributed by atoms with Crippen LogP contribution in [0.25, 0.3) is 0 Å². The monoisotopic (exact) mass is 308 g/mol. The number of aryl methyl sites for hydroxylation is 1. The highest BCUT2D eigenvalue weighted by Crippen LogP contribution is 2.23. The maximum atomic E-state index is 12.1. The number of ketones is 1. The van der Waals surface area contributed by atoms with Crippen molar-refractivity contribution in [3.05, 3.63) is 65.2 Å². The summed E-state index contributed by atoms with van der Waals surface area (Å²) >= 11 is 0. The number of hydrogen-bond acceptors (Lipinski definition) is 2. The first-order valence-electron chi connectivity index (χ1n) is 6.74. The van der Waals surface area contributed by atoms with Crippen LogP contribution in [0.15, 0.2) is 48.5 Å². The van der Waals surface area contributed by atoms with Crippen LogP contribution >= 0.6 is 0 Å². The summed E-state index contributed by atoms with van der Waals surface area (Å²) in [5.41, 5.74) is 2.67. The van der Waals surface area contributed by atoms with Crippen molar-refractivity contribution >= 4 is 5.78 Å². The van der Waals surface area contributed by atoms with Gasteiger partial charge in [-0.25, -0.2) is 0 Å². The fourth-order valence-corrected chi connectivity index (χ4v) is 2.12. The summed E-state index contributed by atoms with van der Waals surface area (Å²) in [5, 5.41) is 0. The Morgan fingerprint density at radius 1 is 1.00 bits per heavy atom. The highest BCUT2D eigenvalue weighted by atomic mass is 19.4. The van der Waals surface area contributed by atoms with E-state index < -0.39 is 6.36 Å². The second kappa shape index (κ2) is 6.64. The molecule has 0 heterocycles. The number of rotatable bonds is 5. The summed E-state index contributed by atoms with van der Waals surface area (Å²) < 4.78 is 40.0. The number of alkyl halides is 3. The van der Waals surface area contributed by atoms with Crippen LogP contribution in [-0.2, 0) is 17.6 Å². The van der Waals surface area contributed by atoms with Gasteiger partial charge in [0.2, 0.25) is 0 Å². The number of Topliss-reactive ketones (excluding diaryl/α,β-unsaturated/α-hetero) is 1. The van der Waals surface area contributed by atoms with Gasteiger partial charge in [0.05, 0.1) is 0 Å². The van der Waals surface area contributed by atoms with E-state index in [0.717, 1.165) is 11.1 Å². The normalized spacial score (nSPS) is 11.3. The molecule has 0 unspecified atom stereocenters. The zero-order valence-electron chi connectivity index (χ0n) is 12.0. The fourth-order valence-electron chi connectivity index (χ4n) is 2.12. The number of carbonyl (C=O) groups excluding carboxylic acids is 1. The van der Waals surface area contributed by atoms with Gasteiger partial charge in [0, 0.05) is 12.8 Å². The summed E-state index contributed by atoms with van der Waals surface area (Å²) in [6.45, 7) is 1.94. The van der Waals surface area contributed by atoms with Crippen LogP contribution in [0.3, 0.4) is 0 Å². The SMILES string of the molecule is Cc1ccccc1CC(=O)Cc1ccc(OC(F)(F)F)cc1. The van der Waals surface area contributed by atoms with E-state index in [1.807, 2.05) is 31.2 Å². The largest absolute Gasteiger partial charge is 0.573 e. The van der Waals surface area contributed by atoms with E-state index in [1.54, 1.807) is 0 Å². The van der Waals surface area contributed by atoms with Crippen molar-refractivity contribution in [3.63, 3.8) is 0 Å². The smallest absolute Gasteiger partial charge is 0.406 e. The molecule has 0 saturated heterocycles. The summed E-state index contributed by atoms with van der Waals surface area (Å²) in [4.78, 5) is 12.0. The highest BCUT2D eigenvalue weighted by Gasteiger charge is 2.30. The molecule has 2 aromatic rings. The minimum atomic E-state index is -4.71. The lowest BCUT2D eigenvalue weighted by Gasteiger charge is -2.09. The molecular weight excluding hydrogens is 293 g/mol. The van der Waals surface area contributed by atoms with E-state index in [0.29, 0.717) is 12.0 Å². The second-order valence-corrected chi connectivity index (χ2v) is 5.01. The lowest BCUT2D eigenvalue weighted by atomic mass is 9.99. The first-order valence-corrected chi connectivity index (χ1v) is 6.74. The average Bonchev–Trinajstić information content (AvgIpc) is 2.42. The fraction of sp³-hybridized carbons (Fsp3) is 0.235. The van der Waals surface area contributed by atoms with Crippen molar-refractivity contribution in [1.82, 2.24) is 0 Å². The molecule has 0 saturated carbocycles. The minimum absolute atomic E-state index is 0.0128. The third-order valence-electron chi connectivity index (χ3n) is 3.21. The quantitative estimate of drug-likeness (QED) is 0.825. The van der Waals surface area contributed by atoms with Crippen LogP contribution in [0.1, 0.15) is 16.7 Å². The van der Waals surface area contributed by atoms with E-state index in [-0.39, 0.29) is 18.0 Å². The van der Waals surface area contributed by atoms with E-state index in [9.17, 15) is 18.0 Å². The number of carbonyl (C=O) groups is 1. The van der Waals surface area contributed by atoms with Gasteiger partial charge in [0.15, 0.2) is 0 Å². The van der Waals surface area contributed by atoms with Crippen molar-refractivity contribution in [2.45, 2.75) is 26.1 Å². The molecule has 2 aromatic carbocycles. The molecule has 0 N–H and O–H groups in total. The Bertz CT molecular complexity index is 646. The van der Waals surface area contributed by atoms with Gasteiger partial charge in [-0.05, 0) is 35.7 Å². The van der Waals surface area contributed by atoms with Gasteiger partial charge in [-0.15, -0.1) is 13.2 Å². The molecule has 0 aliphatic heterocycles. The summed E-state index contributed by atoms with van der Waals surface area (Å²) in [5.74, 6) is -0.276. The molecule has 0 fully saturated rings. The maximum absolute atomic E-state index is 12.1. The standard InChI is InChI=1S/C17H15F3O2/c1-12-4-2-3-5-14(12)11-15(21)10-13-6-8-16(9-7-13)22-17(18,19)20/h2-9H,10-11H2,1H3. The Kier molecular flexibility index (Phi) is 4.85. The van der Waals surface area contributed by atoms with Crippen LogP contribution in [-0.4, -0.2) is 12.1 Å². The van der Waals surface area contributed by atoms with Gasteiger partial charge in [0.25, 0.3) is 0 Å². The summed E-state index contributed by atoms with van der Waals surface area (Å²) in [7, 11) is 0. The summed E-state index contributed by atoms with van der Waals surface area (Å²) in [6.07, 6.45) is -4.21. The van der Waals surface area contributed by atoms with Crippen LogP contribution < -0.4 is 4.74 Å². The van der Waals surface area contributed by atoms with Crippen LogP contribution in [0.5, 0.6) is 5.75 Å². The third-order valence-corrected chi connectivity index (χ3v) is 3.21. The topological polar surface area (TPSA) is 26.3 Å². The average molecular weight is 308 g/mol. The Morgan fingerprint density at radius 2 is 1.64 bits per heavy atom. The molecule has 2 nitrogen and oxygen atoms in total. The molecule has 22 heavy (non-hydrogen) atoms. The van der Waals surface area contributed by atoms with E-state index in [2.05, 4.69) is 4.74 Å². The van der Waals surface area contributed by atoms with Gasteiger partial charge in [0.1, 0.15) is 11.5 Å². The molecule has 0 spiro atoms.